The van der Waals surface area contributed by atoms with E-state index in [0.717, 1.165) is 25.3 Å². The number of benzene rings is 3. The van der Waals surface area contributed by atoms with Crippen LogP contribution in [-0.4, -0.2) is 18.2 Å². The van der Waals surface area contributed by atoms with E-state index in [1.165, 1.54) is 33.0 Å². The molecule has 0 aromatic heterocycles. The summed E-state index contributed by atoms with van der Waals surface area (Å²) in [5.74, 6) is 1.04. The van der Waals surface area contributed by atoms with E-state index in [-0.39, 0.29) is 0 Å². The molecule has 0 saturated heterocycles. The molecule has 0 bridgehead atoms. The molecular formula is C22H23NO. The molecule has 0 aliphatic carbocycles. The van der Waals surface area contributed by atoms with Crippen LogP contribution in [0.4, 0.5) is 0 Å². The second-order valence-electron chi connectivity index (χ2n) is 6.87. The third kappa shape index (κ3) is 3.15. The first-order valence-corrected chi connectivity index (χ1v) is 8.61. The van der Waals surface area contributed by atoms with E-state index >= 15 is 0 Å². The van der Waals surface area contributed by atoms with Crippen molar-refractivity contribution < 1.29 is 4.74 Å². The van der Waals surface area contributed by atoms with Crippen molar-refractivity contribution >= 4 is 10.8 Å². The average Bonchev–Trinajstić information content (AvgIpc) is 2.59. The molecule has 4 rings (SSSR count). The van der Waals surface area contributed by atoms with E-state index in [1.807, 2.05) is 0 Å². The Morgan fingerprint density at radius 3 is 2.58 bits per heavy atom. The highest BCUT2D eigenvalue weighted by Crippen LogP contribution is 2.26. The van der Waals surface area contributed by atoms with Crippen LogP contribution in [0, 0.1) is 13.8 Å². The summed E-state index contributed by atoms with van der Waals surface area (Å²) in [5, 5.41) is 2.65. The summed E-state index contributed by atoms with van der Waals surface area (Å²) in [6.07, 6.45) is 1.05. The Morgan fingerprint density at radius 1 is 0.875 bits per heavy atom. The van der Waals surface area contributed by atoms with Crippen molar-refractivity contribution in [2.45, 2.75) is 26.8 Å². The molecule has 0 spiro atoms. The van der Waals surface area contributed by atoms with Crippen molar-refractivity contribution in [3.05, 3.63) is 76.9 Å². The highest BCUT2D eigenvalue weighted by Gasteiger charge is 2.16. The Hall–Kier alpha value is -2.32. The Labute approximate surface area is 143 Å². The molecule has 3 aromatic carbocycles. The molecule has 0 amide bonds. The highest BCUT2D eigenvalue weighted by molar-refractivity contribution is 5.83. The number of rotatable bonds is 3. The minimum absolute atomic E-state index is 0.683. The lowest BCUT2D eigenvalue weighted by molar-refractivity contribution is 0.0965. The molecule has 0 N–H and O–H groups in total. The van der Waals surface area contributed by atoms with Gasteiger partial charge in [-0.05, 0) is 42.7 Å². The van der Waals surface area contributed by atoms with Gasteiger partial charge in [0.15, 0.2) is 0 Å². The van der Waals surface area contributed by atoms with Gasteiger partial charge in [0.2, 0.25) is 0 Å². The number of ether oxygens (including phenoxy) is 1. The lowest BCUT2D eigenvalue weighted by Crippen LogP contribution is -2.33. The molecule has 122 valence electrons. The maximum absolute atomic E-state index is 5.89. The van der Waals surface area contributed by atoms with E-state index in [0.29, 0.717) is 6.73 Å². The van der Waals surface area contributed by atoms with Gasteiger partial charge in [-0.1, -0.05) is 59.7 Å². The Morgan fingerprint density at radius 2 is 1.67 bits per heavy atom. The molecule has 0 unspecified atom stereocenters. The standard InChI is InChI=1S/C22H23NO/c1-16-3-6-19-7-5-18(13-20(19)11-16)9-10-23-14-21-12-17(2)4-8-22(21)24-15-23/h3-8,11-13H,9-10,14-15H2,1-2H3. The number of fused-ring (bicyclic) bond motifs is 2. The fourth-order valence-corrected chi connectivity index (χ4v) is 3.42. The summed E-state index contributed by atoms with van der Waals surface area (Å²) in [6.45, 7) is 6.96. The molecular weight excluding hydrogens is 294 g/mol. The number of nitrogens with zero attached hydrogens (tertiary/aromatic N) is 1. The van der Waals surface area contributed by atoms with Gasteiger partial charge in [0.25, 0.3) is 0 Å². The molecule has 0 radical (unpaired) electrons. The monoisotopic (exact) mass is 317 g/mol. The maximum atomic E-state index is 5.89. The lowest BCUT2D eigenvalue weighted by Gasteiger charge is -2.29. The van der Waals surface area contributed by atoms with E-state index in [9.17, 15) is 0 Å². The van der Waals surface area contributed by atoms with E-state index in [1.54, 1.807) is 0 Å². The summed E-state index contributed by atoms with van der Waals surface area (Å²) >= 11 is 0. The third-order valence-electron chi connectivity index (χ3n) is 4.79. The molecule has 2 nitrogen and oxygen atoms in total. The van der Waals surface area contributed by atoms with Gasteiger partial charge in [-0.3, -0.25) is 4.90 Å². The van der Waals surface area contributed by atoms with Crippen LogP contribution in [0.25, 0.3) is 10.8 Å². The van der Waals surface area contributed by atoms with Crippen LogP contribution in [0.2, 0.25) is 0 Å². The van der Waals surface area contributed by atoms with Crippen LogP contribution in [0.3, 0.4) is 0 Å². The van der Waals surface area contributed by atoms with Gasteiger partial charge < -0.3 is 4.74 Å². The van der Waals surface area contributed by atoms with Crippen LogP contribution in [0.5, 0.6) is 5.75 Å². The fraction of sp³-hybridized carbons (Fsp3) is 0.273. The van der Waals surface area contributed by atoms with Gasteiger partial charge in [0.05, 0.1) is 0 Å². The van der Waals surface area contributed by atoms with E-state index in [4.69, 9.17) is 4.74 Å². The van der Waals surface area contributed by atoms with Gasteiger partial charge in [0.1, 0.15) is 12.5 Å². The molecule has 3 aromatic rings. The molecule has 0 saturated carbocycles. The van der Waals surface area contributed by atoms with Gasteiger partial charge in [-0.2, -0.15) is 0 Å². The van der Waals surface area contributed by atoms with Crippen LogP contribution >= 0.6 is 0 Å². The Kier molecular flexibility index (Phi) is 3.99. The van der Waals surface area contributed by atoms with Crippen molar-refractivity contribution in [2.24, 2.45) is 0 Å². The van der Waals surface area contributed by atoms with E-state index in [2.05, 4.69) is 73.3 Å². The predicted octanol–water partition coefficient (Wildman–Crippen LogP) is 4.85. The first-order valence-electron chi connectivity index (χ1n) is 8.61. The quantitative estimate of drug-likeness (QED) is 0.684. The van der Waals surface area contributed by atoms with E-state index < -0.39 is 0 Å². The number of aryl methyl sites for hydroxylation is 2. The minimum atomic E-state index is 0.683. The van der Waals surface area contributed by atoms with Gasteiger partial charge in [0, 0.05) is 18.7 Å². The zero-order chi connectivity index (χ0) is 16.5. The Balaban J connectivity index is 1.45. The summed E-state index contributed by atoms with van der Waals surface area (Å²) in [6, 6.07) is 19.9. The van der Waals surface area contributed by atoms with Crippen molar-refractivity contribution in [3.8, 4) is 5.75 Å². The largest absolute Gasteiger partial charge is 0.478 e. The molecule has 2 heteroatoms. The van der Waals surface area contributed by atoms with Gasteiger partial charge in [-0.25, -0.2) is 0 Å². The van der Waals surface area contributed by atoms with Crippen LogP contribution in [0.15, 0.2) is 54.6 Å². The maximum Gasteiger partial charge on any atom is 0.142 e. The van der Waals surface area contributed by atoms with Crippen LogP contribution < -0.4 is 4.74 Å². The summed E-state index contributed by atoms with van der Waals surface area (Å²) < 4.78 is 5.89. The van der Waals surface area contributed by atoms with Crippen molar-refractivity contribution in [3.63, 3.8) is 0 Å². The topological polar surface area (TPSA) is 12.5 Å². The SMILES string of the molecule is Cc1ccc2c(c1)CN(CCc1ccc3ccc(C)cc3c1)CO2. The fourth-order valence-electron chi connectivity index (χ4n) is 3.42. The van der Waals surface area contributed by atoms with Crippen molar-refractivity contribution in [1.82, 2.24) is 4.90 Å². The van der Waals surface area contributed by atoms with Gasteiger partial charge >= 0.3 is 0 Å². The second kappa shape index (κ2) is 6.29. The predicted molar refractivity (Wildman–Crippen MR) is 99.5 cm³/mol. The smallest absolute Gasteiger partial charge is 0.142 e. The third-order valence-corrected chi connectivity index (χ3v) is 4.79. The number of hydrogen-bond acceptors (Lipinski definition) is 2. The minimum Gasteiger partial charge on any atom is -0.478 e. The zero-order valence-electron chi connectivity index (χ0n) is 14.4. The first kappa shape index (κ1) is 15.2. The Bertz CT molecular complexity index is 884. The highest BCUT2D eigenvalue weighted by atomic mass is 16.5. The second-order valence-corrected chi connectivity index (χ2v) is 6.87. The first-order chi connectivity index (χ1) is 11.7. The molecule has 0 atom stereocenters. The lowest BCUT2D eigenvalue weighted by atomic mass is 10.0. The number of hydrogen-bond donors (Lipinski definition) is 0. The summed E-state index contributed by atoms with van der Waals surface area (Å²) in [4.78, 5) is 2.38. The molecule has 1 aliphatic rings. The summed E-state index contributed by atoms with van der Waals surface area (Å²) in [7, 11) is 0. The molecule has 0 fully saturated rings. The molecule has 1 aliphatic heterocycles. The molecule has 1 heterocycles. The van der Waals surface area contributed by atoms with Gasteiger partial charge in [-0.15, -0.1) is 0 Å². The molecule has 24 heavy (non-hydrogen) atoms. The van der Waals surface area contributed by atoms with Crippen LogP contribution in [-0.2, 0) is 13.0 Å². The van der Waals surface area contributed by atoms with Crippen molar-refractivity contribution in [2.75, 3.05) is 13.3 Å². The van der Waals surface area contributed by atoms with Crippen molar-refractivity contribution in [1.29, 1.82) is 0 Å². The average molecular weight is 317 g/mol. The van der Waals surface area contributed by atoms with Crippen LogP contribution in [0.1, 0.15) is 22.3 Å². The zero-order valence-corrected chi connectivity index (χ0v) is 14.4. The summed E-state index contributed by atoms with van der Waals surface area (Å²) in [5.41, 5.74) is 5.30. The normalized spacial score (nSPS) is 14.4.